The van der Waals surface area contributed by atoms with E-state index in [1.54, 1.807) is 0 Å². The van der Waals surface area contributed by atoms with Gasteiger partial charge in [-0.3, -0.25) is 7.32 Å². The molecule has 12 nitrogen and oxygen atoms in total. The van der Waals surface area contributed by atoms with E-state index < -0.39 is 19.3 Å². The van der Waals surface area contributed by atoms with Crippen LogP contribution in [0.3, 0.4) is 0 Å². The number of carboxylic acid groups (broad SMARTS) is 2. The van der Waals surface area contributed by atoms with E-state index in [1.807, 2.05) is 0 Å². The number of carbonyl (C=O) groups excluding carboxylic acids is 2. The lowest BCUT2D eigenvalue weighted by Gasteiger charge is -2.35. The van der Waals surface area contributed by atoms with Crippen LogP contribution in [-0.4, -0.2) is 202 Å². The van der Waals surface area contributed by atoms with E-state index in [-0.39, 0.29) is 0 Å². The van der Waals surface area contributed by atoms with Gasteiger partial charge in [-0.15, -0.1) is 58.0 Å². The molecule has 0 aromatic carbocycles. The molecule has 0 aliphatic rings. The Balaban J connectivity index is -0.000000123. The molecule has 0 aliphatic carbocycles. The van der Waals surface area contributed by atoms with Crippen LogP contribution in [0.5, 0.6) is 0 Å². The summed E-state index contributed by atoms with van der Waals surface area (Å²) in [5, 5.41) is 44.8. The number of rotatable bonds is 25. The van der Waals surface area contributed by atoms with E-state index >= 15 is 0 Å². The van der Waals surface area contributed by atoms with Crippen LogP contribution in [-0.2, 0) is 9.59 Å². The molecule has 0 saturated carbocycles. The van der Waals surface area contributed by atoms with Gasteiger partial charge in [0.25, 0.3) is 0 Å². The van der Waals surface area contributed by atoms with Crippen molar-refractivity contribution in [2.24, 2.45) is 0 Å². The summed E-state index contributed by atoms with van der Waals surface area (Å²) in [6.07, 6.45) is 5.39. The first-order valence-corrected chi connectivity index (χ1v) is 26.7. The van der Waals surface area contributed by atoms with Crippen molar-refractivity contribution in [2.45, 2.75) is 163 Å². The van der Waals surface area contributed by atoms with E-state index in [2.05, 4.69) is 139 Å². The van der Waals surface area contributed by atoms with E-state index in [4.69, 9.17) is 92.9 Å². The van der Waals surface area contributed by atoms with Crippen molar-refractivity contribution in [1.82, 2.24) is 0 Å². The number of carbonyl (C=O) groups is 2. The maximum absolute atomic E-state index is 8.93. The first-order valence-electron chi connectivity index (χ1n) is 24.5. The van der Waals surface area contributed by atoms with Gasteiger partial charge in [0.1, 0.15) is 0 Å². The molecular formula is C47H105BCl5N5O7. The lowest BCUT2D eigenvalue weighted by Crippen LogP contribution is -2.56. The molecule has 398 valence electrons. The summed E-state index contributed by atoms with van der Waals surface area (Å²) in [7, 11) is 8.43. The fourth-order valence-electron chi connectivity index (χ4n) is 5.45. The van der Waals surface area contributed by atoms with Gasteiger partial charge < -0.3 is 57.3 Å². The van der Waals surface area contributed by atoms with Crippen molar-refractivity contribution in [2.75, 3.05) is 133 Å². The van der Waals surface area contributed by atoms with Gasteiger partial charge in [-0.1, -0.05) is 34.6 Å². The van der Waals surface area contributed by atoms with Gasteiger partial charge in [-0.25, -0.2) is 0 Å². The van der Waals surface area contributed by atoms with Crippen LogP contribution >= 0.6 is 58.0 Å². The van der Waals surface area contributed by atoms with E-state index in [0.717, 1.165) is 87.2 Å². The van der Waals surface area contributed by atoms with Gasteiger partial charge in [0, 0.05) is 0 Å². The molecule has 0 fully saturated rings. The van der Waals surface area contributed by atoms with Crippen molar-refractivity contribution >= 4 is 77.3 Å². The number of alkyl halides is 5. The predicted octanol–water partition coefficient (Wildman–Crippen LogP) is 4.99. The number of hydrogen-bond donors (Lipinski definition) is 0. The zero-order valence-electron chi connectivity index (χ0n) is 45.6. The second-order valence-corrected chi connectivity index (χ2v) is 21.1. The molecule has 5 atom stereocenters. The van der Waals surface area contributed by atoms with Gasteiger partial charge in [-0.2, -0.15) is 0 Å². The first-order chi connectivity index (χ1) is 29.8. The summed E-state index contributed by atoms with van der Waals surface area (Å²) in [6.45, 7) is 50.3. The minimum absolute atomic E-state index is 0.347. The zero-order chi connectivity index (χ0) is 53.3. The van der Waals surface area contributed by atoms with Crippen molar-refractivity contribution < 1.29 is 57.3 Å². The summed E-state index contributed by atoms with van der Waals surface area (Å²) in [4.78, 5) is 17.9. The maximum atomic E-state index is 8.93. The normalized spacial score (nSPS) is 13.8. The van der Waals surface area contributed by atoms with Gasteiger partial charge in [0.05, 0.1) is 172 Å². The smallest absolute Gasteiger partial charge is 0.0950 e. The number of halogens is 5. The topological polar surface area (TPSA) is 149 Å². The molecule has 0 radical (unpaired) electrons. The Labute approximate surface area is 428 Å². The Kier molecular flexibility index (Phi) is 56.7. The predicted molar refractivity (Wildman–Crippen MR) is 276 cm³/mol. The molecule has 0 amide bonds. The quantitative estimate of drug-likeness (QED) is 0.0542. The Morgan fingerprint density at radius 3 is 0.477 bits per heavy atom. The first kappa shape index (κ1) is 79.3. The largest absolute Gasteiger partial charge is 0.907 e. The second kappa shape index (κ2) is 46.5. The molecular weight excluding hydrogens is 935 g/mol. The van der Waals surface area contributed by atoms with Crippen molar-refractivity contribution in [3.05, 3.63) is 0 Å². The van der Waals surface area contributed by atoms with Gasteiger partial charge in [0.15, 0.2) is 0 Å². The third-order valence-electron chi connectivity index (χ3n) is 13.2. The Bertz CT molecular complexity index is 893. The summed E-state index contributed by atoms with van der Waals surface area (Å²) in [5.74, 6) is -4.37. The standard InChI is InChI=1S/5C9H21ClN.C2H2O4.BO3/c5*1-5-9(10)8-11(4,6-2)7-3;3-1(4)2(5)6;2-1(3)4/h5*9H,5-8H2,1-4H3;(H,3,4)(H,5,6);/q5*+1;;-3/p-2. The van der Waals surface area contributed by atoms with E-state index in [1.165, 1.54) is 65.4 Å². The number of nitrogens with zero attached hydrogens (tertiary/aromatic N) is 5. The lowest BCUT2D eigenvalue weighted by atomic mass is 10.2. The molecule has 0 spiro atoms. The van der Waals surface area contributed by atoms with Gasteiger partial charge in [0.2, 0.25) is 0 Å². The highest BCUT2D eigenvalue weighted by molar-refractivity contribution is 6.25. The highest BCUT2D eigenvalue weighted by Gasteiger charge is 2.23. The number of hydrogen-bond acceptors (Lipinski definition) is 7. The fraction of sp³-hybridized carbons (Fsp3) is 0.957. The summed E-state index contributed by atoms with van der Waals surface area (Å²) < 4.78 is 5.50. The monoisotopic (exact) mass is 1040 g/mol. The SMILES string of the molecule is CCC(Cl)C[N+](C)(CC)CC.CCC(Cl)C[N+](C)(CC)CC.CCC(Cl)C[N+](C)(CC)CC.CCC(Cl)C[N+](C)(CC)CC.CCC(Cl)C[N+](C)(CC)CC.O=C([O-])C(=O)[O-].[O-]B([O-])[O-]. The number of quaternary nitrogens is 5. The molecule has 0 aliphatic heterocycles. The number of aliphatic carboxylic acids is 2. The Hall–Kier alpha value is 0.135. The third kappa shape index (κ3) is 51.8. The molecule has 0 aromatic heterocycles. The van der Waals surface area contributed by atoms with Crippen LogP contribution in [0.1, 0.15) is 136 Å². The number of carboxylic acids is 2. The Morgan fingerprint density at radius 1 is 0.338 bits per heavy atom. The molecule has 5 unspecified atom stereocenters. The highest BCUT2D eigenvalue weighted by atomic mass is 35.5. The third-order valence-corrected chi connectivity index (χ3v) is 15.4. The van der Waals surface area contributed by atoms with Gasteiger partial charge >= 0.3 is 0 Å². The van der Waals surface area contributed by atoms with Crippen LogP contribution in [0.4, 0.5) is 0 Å². The molecule has 0 heterocycles. The molecule has 65 heavy (non-hydrogen) atoms. The highest BCUT2D eigenvalue weighted by Crippen LogP contribution is 2.13. The summed E-state index contributed by atoms with van der Waals surface area (Å²) in [5.41, 5.74) is 0. The molecule has 0 saturated heterocycles. The molecule has 0 rings (SSSR count). The van der Waals surface area contributed by atoms with E-state index in [9.17, 15) is 0 Å². The van der Waals surface area contributed by atoms with Crippen molar-refractivity contribution in [3.8, 4) is 0 Å². The average Bonchev–Trinajstić information content (AvgIpc) is 3.29. The zero-order valence-corrected chi connectivity index (χ0v) is 49.4. The second-order valence-electron chi connectivity index (χ2n) is 18.1. The van der Waals surface area contributed by atoms with Crippen LogP contribution in [0.15, 0.2) is 0 Å². The molecule has 18 heteroatoms. The summed E-state index contributed by atoms with van der Waals surface area (Å²) in [6, 6.07) is 0. The minimum atomic E-state index is -2.92. The van der Waals surface area contributed by atoms with Crippen molar-refractivity contribution in [1.29, 1.82) is 0 Å². The van der Waals surface area contributed by atoms with Crippen molar-refractivity contribution in [3.63, 3.8) is 0 Å². The minimum Gasteiger partial charge on any atom is -0.907 e. The average molecular weight is 1040 g/mol. The van der Waals surface area contributed by atoms with Crippen LogP contribution < -0.4 is 25.3 Å². The molecule has 0 bridgehead atoms. The fourth-order valence-corrected chi connectivity index (χ4v) is 7.11. The molecule has 0 aromatic rings. The van der Waals surface area contributed by atoms with Crippen LogP contribution in [0.25, 0.3) is 0 Å². The van der Waals surface area contributed by atoms with E-state index in [0.29, 0.717) is 26.9 Å². The molecule has 0 N–H and O–H groups in total. The van der Waals surface area contributed by atoms with Crippen LogP contribution in [0, 0.1) is 0 Å². The maximum Gasteiger partial charge on any atom is 0.0950 e. The lowest BCUT2D eigenvalue weighted by molar-refractivity contribution is -0.905. The summed E-state index contributed by atoms with van der Waals surface area (Å²) >= 11 is 30.5. The van der Waals surface area contributed by atoms with Gasteiger partial charge in [-0.05, 0) is 101 Å². The Morgan fingerprint density at radius 2 is 0.431 bits per heavy atom. The van der Waals surface area contributed by atoms with Crippen LogP contribution in [0.2, 0.25) is 0 Å².